The van der Waals surface area contributed by atoms with Crippen molar-refractivity contribution in [3.8, 4) is 5.75 Å². The van der Waals surface area contributed by atoms with E-state index in [0.29, 0.717) is 12.0 Å². The number of nitrogens with zero attached hydrogens (tertiary/aromatic N) is 1. The van der Waals surface area contributed by atoms with Crippen LogP contribution in [0, 0.1) is 0 Å². The van der Waals surface area contributed by atoms with Gasteiger partial charge in [0.1, 0.15) is 23.9 Å². The number of rotatable bonds is 17. The van der Waals surface area contributed by atoms with Gasteiger partial charge in [0, 0.05) is 25.1 Å². The van der Waals surface area contributed by atoms with Crippen molar-refractivity contribution in [3.63, 3.8) is 0 Å². The molecule has 0 heterocycles. The first kappa shape index (κ1) is 33.0. The highest BCUT2D eigenvalue weighted by molar-refractivity contribution is 7.80. The van der Waals surface area contributed by atoms with Gasteiger partial charge in [0.2, 0.25) is 17.7 Å². The van der Waals surface area contributed by atoms with Crippen LogP contribution in [0.25, 0.3) is 0 Å². The van der Waals surface area contributed by atoms with Crippen LogP contribution in [-0.4, -0.2) is 87.4 Å². The number of carboxylic acids is 2. The van der Waals surface area contributed by atoms with Crippen molar-refractivity contribution in [1.82, 2.24) is 16.0 Å². The Morgan fingerprint density at radius 2 is 1.44 bits per heavy atom. The van der Waals surface area contributed by atoms with E-state index in [2.05, 4.69) is 33.6 Å². The number of thiol groups is 1. The number of hydrogen-bond donors (Lipinski definition) is 10. The van der Waals surface area contributed by atoms with Crippen molar-refractivity contribution >= 4 is 48.2 Å². The van der Waals surface area contributed by atoms with Crippen LogP contribution in [0.5, 0.6) is 5.75 Å². The van der Waals surface area contributed by atoms with Gasteiger partial charge < -0.3 is 48.5 Å². The number of amides is 3. The Morgan fingerprint density at radius 1 is 0.872 bits per heavy atom. The number of nitrogens with two attached hydrogens (primary N) is 3. The normalized spacial score (nSPS) is 13.7. The Balaban J connectivity index is 3.09. The number of carbonyl (C=O) groups excluding carboxylic acids is 3. The molecule has 1 aromatic rings. The minimum absolute atomic E-state index is 0.0193. The molecule has 39 heavy (non-hydrogen) atoms. The molecule has 0 bridgehead atoms. The first-order chi connectivity index (χ1) is 18.3. The van der Waals surface area contributed by atoms with E-state index in [1.165, 1.54) is 24.3 Å². The number of phenols is 1. The molecular formula is C23H35N7O8S. The molecule has 4 unspecified atom stereocenters. The van der Waals surface area contributed by atoms with Gasteiger partial charge in [-0.2, -0.15) is 12.6 Å². The number of aliphatic carboxylic acids is 2. The average Bonchev–Trinajstić information content (AvgIpc) is 2.87. The predicted molar refractivity (Wildman–Crippen MR) is 144 cm³/mol. The summed E-state index contributed by atoms with van der Waals surface area (Å²) in [5.41, 5.74) is 17.0. The zero-order chi connectivity index (χ0) is 29.5. The van der Waals surface area contributed by atoms with Gasteiger partial charge in [0.15, 0.2) is 5.96 Å². The number of aromatic hydroxyl groups is 1. The summed E-state index contributed by atoms with van der Waals surface area (Å²) in [5, 5.41) is 34.9. The number of carboxylic acid groups (broad SMARTS) is 2. The van der Waals surface area contributed by atoms with Crippen LogP contribution in [0.15, 0.2) is 29.3 Å². The molecule has 0 aliphatic rings. The number of nitrogens with one attached hydrogen (secondary N) is 3. The number of benzene rings is 1. The molecule has 12 N–H and O–H groups in total. The minimum Gasteiger partial charge on any atom is -0.508 e. The molecule has 4 atom stereocenters. The van der Waals surface area contributed by atoms with E-state index < -0.39 is 60.2 Å². The van der Waals surface area contributed by atoms with Crippen molar-refractivity contribution in [2.45, 2.75) is 56.3 Å². The van der Waals surface area contributed by atoms with Gasteiger partial charge in [-0.3, -0.25) is 24.2 Å². The maximum absolute atomic E-state index is 13.2. The standard InChI is InChI=1S/C23H35N7O8S/c24-14(2-1-9-27-23(25)26)19(34)29-16(10-12-3-5-13(31)6-4-12)21(36)28-15(7-8-18(32)33)20(35)30-17(11-39)22(37)38/h3-6,14-17,31,39H,1-2,7-11,24H2,(H,28,36)(H,29,34)(H,30,35)(H,32,33)(H,37,38)(H4,25,26,27). The van der Waals surface area contributed by atoms with Gasteiger partial charge >= 0.3 is 11.9 Å². The van der Waals surface area contributed by atoms with Crippen molar-refractivity contribution in [2.75, 3.05) is 12.3 Å². The highest BCUT2D eigenvalue weighted by atomic mass is 32.1. The highest BCUT2D eigenvalue weighted by Crippen LogP contribution is 2.12. The molecule has 1 aromatic carbocycles. The highest BCUT2D eigenvalue weighted by Gasteiger charge is 2.30. The number of aliphatic imine (C=N–C) groups is 1. The topological polar surface area (TPSA) is 273 Å². The maximum Gasteiger partial charge on any atom is 0.327 e. The molecule has 0 spiro atoms. The first-order valence-corrected chi connectivity index (χ1v) is 12.5. The Labute approximate surface area is 230 Å². The molecule has 0 fully saturated rings. The fourth-order valence-corrected chi connectivity index (χ4v) is 3.52. The Kier molecular flexibility index (Phi) is 14.1. The fourth-order valence-electron chi connectivity index (χ4n) is 3.27. The van der Waals surface area contributed by atoms with Crippen LogP contribution < -0.4 is 33.2 Å². The third kappa shape index (κ3) is 12.8. The second-order valence-corrected chi connectivity index (χ2v) is 8.93. The summed E-state index contributed by atoms with van der Waals surface area (Å²) in [6, 6.07) is 0.726. The molecule has 1 rings (SSSR count). The molecule has 16 heteroatoms. The van der Waals surface area contributed by atoms with Crippen molar-refractivity contribution in [2.24, 2.45) is 22.2 Å². The number of guanidine groups is 1. The lowest BCUT2D eigenvalue weighted by Gasteiger charge is -2.25. The van der Waals surface area contributed by atoms with Gasteiger partial charge in [-0.15, -0.1) is 0 Å². The lowest BCUT2D eigenvalue weighted by Crippen LogP contribution is -2.57. The molecule has 0 saturated heterocycles. The largest absolute Gasteiger partial charge is 0.508 e. The molecule has 216 valence electrons. The maximum atomic E-state index is 13.2. The summed E-state index contributed by atoms with van der Waals surface area (Å²) in [7, 11) is 0. The summed E-state index contributed by atoms with van der Waals surface area (Å²) in [6.07, 6.45) is -0.350. The van der Waals surface area contributed by atoms with Crippen LogP contribution >= 0.6 is 12.6 Å². The van der Waals surface area contributed by atoms with Gasteiger partial charge in [-0.1, -0.05) is 12.1 Å². The molecule has 3 amide bonds. The smallest absolute Gasteiger partial charge is 0.327 e. The Bertz CT molecular complexity index is 1030. The monoisotopic (exact) mass is 569 g/mol. The van der Waals surface area contributed by atoms with Crippen LogP contribution in [0.3, 0.4) is 0 Å². The summed E-state index contributed by atoms with van der Waals surface area (Å²) in [5.74, 6) is -5.44. The van der Waals surface area contributed by atoms with E-state index in [4.69, 9.17) is 22.3 Å². The lowest BCUT2D eigenvalue weighted by atomic mass is 10.0. The first-order valence-electron chi connectivity index (χ1n) is 11.9. The Hall–Kier alpha value is -4.05. The fraction of sp³-hybridized carbons (Fsp3) is 0.478. The van der Waals surface area contributed by atoms with Gasteiger partial charge in [-0.25, -0.2) is 4.79 Å². The van der Waals surface area contributed by atoms with E-state index in [1.54, 1.807) is 0 Å². The third-order valence-electron chi connectivity index (χ3n) is 5.39. The van der Waals surface area contributed by atoms with E-state index in [-0.39, 0.29) is 43.3 Å². The summed E-state index contributed by atoms with van der Waals surface area (Å²) < 4.78 is 0. The molecule has 0 aliphatic carbocycles. The predicted octanol–water partition coefficient (Wildman–Crippen LogP) is -2.35. The molecule has 0 radical (unpaired) electrons. The number of hydrogen-bond acceptors (Lipinski definition) is 9. The van der Waals surface area contributed by atoms with Crippen molar-refractivity contribution in [3.05, 3.63) is 29.8 Å². The molecule has 0 saturated carbocycles. The van der Waals surface area contributed by atoms with Gasteiger partial charge in [0.05, 0.1) is 6.04 Å². The van der Waals surface area contributed by atoms with Crippen LogP contribution in [-0.2, 0) is 30.4 Å². The van der Waals surface area contributed by atoms with Crippen molar-refractivity contribution in [1.29, 1.82) is 0 Å². The lowest BCUT2D eigenvalue weighted by molar-refractivity contribution is -0.142. The van der Waals surface area contributed by atoms with Gasteiger partial charge in [0.25, 0.3) is 0 Å². The van der Waals surface area contributed by atoms with E-state index in [9.17, 15) is 34.2 Å². The minimum atomic E-state index is -1.43. The number of phenolic OH excluding ortho intramolecular Hbond substituents is 1. The summed E-state index contributed by atoms with van der Waals surface area (Å²) >= 11 is 3.87. The molecular weight excluding hydrogens is 534 g/mol. The Morgan fingerprint density at radius 3 is 1.97 bits per heavy atom. The van der Waals surface area contributed by atoms with E-state index in [1.807, 2.05) is 0 Å². The number of carbonyl (C=O) groups is 5. The SMILES string of the molecule is NC(N)=NCCCC(N)C(=O)NC(Cc1ccc(O)cc1)C(=O)NC(CCC(=O)O)C(=O)NC(CS)C(=O)O. The third-order valence-corrected chi connectivity index (χ3v) is 5.76. The van der Waals surface area contributed by atoms with Gasteiger partial charge in [-0.05, 0) is 37.0 Å². The molecule has 0 aliphatic heterocycles. The second kappa shape index (κ2) is 16.7. The van der Waals surface area contributed by atoms with E-state index >= 15 is 0 Å². The quantitative estimate of drug-likeness (QED) is 0.0410. The molecule has 15 nitrogen and oxygen atoms in total. The van der Waals surface area contributed by atoms with E-state index in [0.717, 1.165) is 0 Å². The van der Waals surface area contributed by atoms with Crippen LogP contribution in [0.2, 0.25) is 0 Å². The second-order valence-electron chi connectivity index (χ2n) is 8.56. The summed E-state index contributed by atoms with van der Waals surface area (Å²) in [6.45, 7) is 0.241. The van der Waals surface area contributed by atoms with Crippen molar-refractivity contribution < 1.29 is 39.3 Å². The zero-order valence-electron chi connectivity index (χ0n) is 21.1. The van der Waals surface area contributed by atoms with Crippen LogP contribution in [0.4, 0.5) is 0 Å². The zero-order valence-corrected chi connectivity index (χ0v) is 22.0. The molecule has 0 aromatic heterocycles. The summed E-state index contributed by atoms with van der Waals surface area (Å²) in [4.78, 5) is 64.9. The van der Waals surface area contributed by atoms with Crippen LogP contribution in [0.1, 0.15) is 31.2 Å². The average molecular weight is 570 g/mol.